The number of hydrogen-bond acceptors (Lipinski definition) is 6. The molecule has 2 N–H and O–H groups in total. The summed E-state index contributed by atoms with van der Waals surface area (Å²) in [5.74, 6) is 0.233. The highest BCUT2D eigenvalue weighted by molar-refractivity contribution is 6.33. The zero-order chi connectivity index (χ0) is 23.9. The summed E-state index contributed by atoms with van der Waals surface area (Å²) in [5, 5.41) is 25.4. The number of carboxylic acids is 1. The van der Waals surface area contributed by atoms with Crippen LogP contribution in [0.15, 0.2) is 41.1 Å². The van der Waals surface area contributed by atoms with E-state index in [2.05, 4.69) is 10.1 Å². The molecule has 2 fully saturated rings. The minimum atomic E-state index is -1.15. The molecule has 3 aromatic rings. The van der Waals surface area contributed by atoms with Crippen molar-refractivity contribution in [3.05, 3.63) is 69.7 Å². The standard InChI is InChI=1S/C26H27ClN2O5/c1-15-3-2-4-20(27)22(15)23-19(24(34-29-23)16-5-6-16)14-33-18-7-10-26(32,11-8-18)21-13-17(25(30)31)9-12-28-21/h2-4,9,12-13,16,18,32H,5-8,10-11,14H2,1H3,(H,30,31). The molecule has 0 spiro atoms. The summed E-state index contributed by atoms with van der Waals surface area (Å²) in [6.07, 6.45) is 5.74. The van der Waals surface area contributed by atoms with Gasteiger partial charge in [-0.25, -0.2) is 4.79 Å². The van der Waals surface area contributed by atoms with Gasteiger partial charge in [0, 0.05) is 23.2 Å². The molecule has 0 radical (unpaired) electrons. The van der Waals surface area contributed by atoms with Crippen molar-refractivity contribution in [1.82, 2.24) is 10.1 Å². The summed E-state index contributed by atoms with van der Waals surface area (Å²) in [5.41, 5.74) is 2.98. The van der Waals surface area contributed by atoms with E-state index in [0.29, 0.717) is 48.9 Å². The van der Waals surface area contributed by atoms with Crippen LogP contribution in [0.1, 0.15) is 77.4 Å². The van der Waals surface area contributed by atoms with Gasteiger partial charge in [-0.15, -0.1) is 0 Å². The Hall–Kier alpha value is -2.74. The third-order valence-corrected chi connectivity index (χ3v) is 7.25. The molecule has 0 amide bonds. The lowest BCUT2D eigenvalue weighted by Gasteiger charge is -2.35. The molecule has 0 aliphatic heterocycles. The number of hydrogen-bond donors (Lipinski definition) is 2. The third kappa shape index (κ3) is 4.48. The Kier molecular flexibility index (Phi) is 6.18. The van der Waals surface area contributed by atoms with Crippen molar-refractivity contribution in [3.63, 3.8) is 0 Å². The van der Waals surface area contributed by atoms with Crippen LogP contribution < -0.4 is 0 Å². The lowest BCUT2D eigenvalue weighted by Crippen LogP contribution is -2.35. The average molecular weight is 483 g/mol. The van der Waals surface area contributed by atoms with Gasteiger partial charge in [-0.05, 0) is 69.2 Å². The van der Waals surface area contributed by atoms with E-state index < -0.39 is 11.6 Å². The first-order valence-electron chi connectivity index (χ1n) is 11.6. The van der Waals surface area contributed by atoms with E-state index in [-0.39, 0.29) is 11.7 Å². The minimum absolute atomic E-state index is 0.0370. The molecule has 178 valence electrons. The fraction of sp³-hybridized carbons (Fsp3) is 0.423. The van der Waals surface area contributed by atoms with Gasteiger partial charge < -0.3 is 19.5 Å². The van der Waals surface area contributed by atoms with Crippen LogP contribution in [-0.4, -0.2) is 32.4 Å². The molecule has 2 aliphatic carbocycles. The quantitative estimate of drug-likeness (QED) is 0.450. The van der Waals surface area contributed by atoms with Crippen LogP contribution in [0.2, 0.25) is 5.02 Å². The summed E-state index contributed by atoms with van der Waals surface area (Å²) in [6, 6.07) is 8.67. The molecule has 2 heterocycles. The van der Waals surface area contributed by atoms with Gasteiger partial charge in [-0.3, -0.25) is 4.98 Å². The maximum Gasteiger partial charge on any atom is 0.335 e. The van der Waals surface area contributed by atoms with Gasteiger partial charge >= 0.3 is 5.97 Å². The highest BCUT2D eigenvalue weighted by atomic mass is 35.5. The van der Waals surface area contributed by atoms with Crippen molar-refractivity contribution in [2.24, 2.45) is 0 Å². The van der Waals surface area contributed by atoms with E-state index >= 15 is 0 Å². The van der Waals surface area contributed by atoms with Crippen LogP contribution in [0.25, 0.3) is 11.3 Å². The Bertz CT molecular complexity index is 1190. The Morgan fingerprint density at radius 3 is 2.68 bits per heavy atom. The molecule has 0 atom stereocenters. The minimum Gasteiger partial charge on any atom is -0.478 e. The molecule has 5 rings (SSSR count). The normalized spacial score (nSPS) is 22.6. The number of aromatic nitrogens is 2. The van der Waals surface area contributed by atoms with Gasteiger partial charge in [0.05, 0.1) is 29.0 Å². The Labute approximate surface area is 202 Å². The van der Waals surface area contributed by atoms with Gasteiger partial charge in [0.2, 0.25) is 0 Å². The second-order valence-electron chi connectivity index (χ2n) is 9.36. The monoisotopic (exact) mass is 482 g/mol. The Morgan fingerprint density at radius 2 is 2.00 bits per heavy atom. The van der Waals surface area contributed by atoms with Gasteiger partial charge in [-0.1, -0.05) is 28.9 Å². The number of carboxylic acid groups (broad SMARTS) is 1. The molecule has 1 aromatic carbocycles. The number of pyridine rings is 1. The van der Waals surface area contributed by atoms with E-state index in [9.17, 15) is 15.0 Å². The first kappa shape index (κ1) is 23.0. The molecule has 2 aromatic heterocycles. The van der Waals surface area contributed by atoms with E-state index in [1.165, 1.54) is 18.3 Å². The molecule has 0 unspecified atom stereocenters. The largest absolute Gasteiger partial charge is 0.478 e. The van der Waals surface area contributed by atoms with Crippen molar-refractivity contribution in [3.8, 4) is 11.3 Å². The number of benzene rings is 1. The van der Waals surface area contributed by atoms with Crippen molar-refractivity contribution in [2.45, 2.75) is 69.7 Å². The number of rotatable bonds is 7. The van der Waals surface area contributed by atoms with Gasteiger partial charge in [-0.2, -0.15) is 0 Å². The zero-order valence-corrected chi connectivity index (χ0v) is 19.7. The first-order valence-corrected chi connectivity index (χ1v) is 12.0. The zero-order valence-electron chi connectivity index (χ0n) is 19.0. The third-order valence-electron chi connectivity index (χ3n) is 6.93. The van der Waals surface area contributed by atoms with Gasteiger partial charge in [0.25, 0.3) is 0 Å². The topological polar surface area (TPSA) is 106 Å². The van der Waals surface area contributed by atoms with Crippen molar-refractivity contribution in [2.75, 3.05) is 0 Å². The molecule has 34 heavy (non-hydrogen) atoms. The number of carbonyl (C=O) groups is 1. The SMILES string of the molecule is Cc1cccc(Cl)c1-c1noc(C2CC2)c1COC1CCC(O)(c2cc(C(=O)O)ccn2)CC1. The summed E-state index contributed by atoms with van der Waals surface area (Å²) in [7, 11) is 0. The van der Waals surface area contributed by atoms with Gasteiger partial charge in [0.15, 0.2) is 0 Å². The smallest absolute Gasteiger partial charge is 0.335 e. The lowest BCUT2D eigenvalue weighted by atomic mass is 9.80. The fourth-order valence-corrected chi connectivity index (χ4v) is 5.08. The average Bonchev–Trinajstić information content (AvgIpc) is 3.59. The van der Waals surface area contributed by atoms with Crippen molar-refractivity contribution in [1.29, 1.82) is 0 Å². The first-order chi connectivity index (χ1) is 16.4. The number of aromatic carboxylic acids is 1. The van der Waals surface area contributed by atoms with Crippen LogP contribution in [0.4, 0.5) is 0 Å². The predicted molar refractivity (Wildman–Crippen MR) is 126 cm³/mol. The Morgan fingerprint density at radius 1 is 1.24 bits per heavy atom. The molecule has 8 heteroatoms. The van der Waals surface area contributed by atoms with Crippen LogP contribution in [0.3, 0.4) is 0 Å². The number of aliphatic hydroxyl groups is 1. The number of halogens is 1. The highest BCUT2D eigenvalue weighted by Gasteiger charge is 2.38. The van der Waals surface area contributed by atoms with Crippen molar-refractivity contribution < 1.29 is 24.3 Å². The molecular formula is C26H27ClN2O5. The molecule has 7 nitrogen and oxygen atoms in total. The van der Waals surface area contributed by atoms with E-state index in [4.69, 9.17) is 20.9 Å². The van der Waals surface area contributed by atoms with E-state index in [0.717, 1.165) is 41.0 Å². The predicted octanol–water partition coefficient (Wildman–Crippen LogP) is 5.62. The number of aryl methyl sites for hydroxylation is 1. The lowest BCUT2D eigenvalue weighted by molar-refractivity contribution is -0.0662. The van der Waals surface area contributed by atoms with Crippen molar-refractivity contribution >= 4 is 17.6 Å². The van der Waals surface area contributed by atoms with Crippen LogP contribution in [0, 0.1) is 6.92 Å². The molecule has 0 bridgehead atoms. The summed E-state index contributed by atoms with van der Waals surface area (Å²) < 4.78 is 12.1. The maximum atomic E-state index is 11.3. The second kappa shape index (κ2) is 9.13. The molecule has 2 aliphatic rings. The number of ether oxygens (including phenoxy) is 1. The molecule has 2 saturated carbocycles. The summed E-state index contributed by atoms with van der Waals surface area (Å²) in [6.45, 7) is 2.37. The second-order valence-corrected chi connectivity index (χ2v) is 9.76. The van der Waals surface area contributed by atoms with Crippen LogP contribution in [-0.2, 0) is 16.9 Å². The highest BCUT2D eigenvalue weighted by Crippen LogP contribution is 2.46. The van der Waals surface area contributed by atoms with E-state index in [1.807, 2.05) is 25.1 Å². The van der Waals surface area contributed by atoms with E-state index in [1.54, 1.807) is 0 Å². The summed E-state index contributed by atoms with van der Waals surface area (Å²) >= 11 is 6.52. The molecular weight excluding hydrogens is 456 g/mol. The number of nitrogens with zero attached hydrogens (tertiary/aromatic N) is 2. The van der Waals surface area contributed by atoms with Gasteiger partial charge in [0.1, 0.15) is 17.1 Å². The Balaban J connectivity index is 1.30. The maximum absolute atomic E-state index is 11.3. The fourth-order valence-electron chi connectivity index (χ4n) is 4.77. The summed E-state index contributed by atoms with van der Waals surface area (Å²) in [4.78, 5) is 15.5. The van der Waals surface area contributed by atoms with Crippen LogP contribution in [0.5, 0.6) is 0 Å². The van der Waals surface area contributed by atoms with Crippen LogP contribution >= 0.6 is 11.6 Å². The molecule has 0 saturated heterocycles.